The third kappa shape index (κ3) is 4.16. The van der Waals surface area contributed by atoms with E-state index in [4.69, 9.17) is 4.74 Å². The number of carbonyl (C=O) groups is 3. The largest absolute Gasteiger partial charge is 0.497 e. The van der Waals surface area contributed by atoms with Crippen molar-refractivity contribution in [2.75, 3.05) is 19.5 Å². The average Bonchev–Trinajstić information content (AvgIpc) is 3.11. The summed E-state index contributed by atoms with van der Waals surface area (Å²) in [6.45, 7) is 4.48. The van der Waals surface area contributed by atoms with E-state index in [-0.39, 0.29) is 17.8 Å². The second kappa shape index (κ2) is 8.74. The van der Waals surface area contributed by atoms with Crippen molar-refractivity contribution in [3.63, 3.8) is 0 Å². The fourth-order valence-corrected chi connectivity index (χ4v) is 4.10. The molecule has 0 aromatic heterocycles. The number of ether oxygens (including phenoxy) is 1. The van der Waals surface area contributed by atoms with E-state index < -0.39 is 6.04 Å². The molecule has 0 spiro atoms. The molecular formula is C24H26N4O4. The molecule has 2 aliphatic heterocycles. The molecule has 1 atom stereocenters. The minimum absolute atomic E-state index is 0.153. The number of nitrogens with zero attached hydrogens (tertiary/aromatic N) is 2. The molecule has 1 saturated heterocycles. The second-order valence-corrected chi connectivity index (χ2v) is 8.04. The molecule has 0 radical (unpaired) electrons. The molecule has 0 bridgehead atoms. The highest BCUT2D eigenvalue weighted by molar-refractivity contribution is 6.01. The van der Waals surface area contributed by atoms with Crippen LogP contribution in [0.3, 0.4) is 0 Å². The van der Waals surface area contributed by atoms with Gasteiger partial charge >= 0.3 is 6.03 Å². The van der Waals surface area contributed by atoms with Gasteiger partial charge < -0.3 is 25.2 Å². The average molecular weight is 434 g/mol. The summed E-state index contributed by atoms with van der Waals surface area (Å²) in [6, 6.07) is 11.8. The van der Waals surface area contributed by atoms with Crippen LogP contribution in [-0.2, 0) is 17.9 Å². The molecule has 2 aromatic carbocycles. The molecule has 2 N–H and O–H groups in total. The molecule has 4 amide bonds. The molecule has 1 fully saturated rings. The van der Waals surface area contributed by atoms with Crippen LogP contribution in [0.15, 0.2) is 54.7 Å². The molecule has 1 unspecified atom stereocenters. The Bertz CT molecular complexity index is 1080. The first kappa shape index (κ1) is 21.4. The van der Waals surface area contributed by atoms with Crippen molar-refractivity contribution in [3.05, 3.63) is 71.4 Å². The Hall–Kier alpha value is -3.81. The monoisotopic (exact) mass is 434 g/mol. The Kier molecular flexibility index (Phi) is 5.85. The van der Waals surface area contributed by atoms with E-state index in [1.54, 1.807) is 54.3 Å². The number of urea groups is 1. The number of methoxy groups -OCH3 is 1. The molecule has 32 heavy (non-hydrogen) atoms. The third-order valence-electron chi connectivity index (χ3n) is 5.89. The van der Waals surface area contributed by atoms with Crippen molar-refractivity contribution in [1.82, 2.24) is 15.1 Å². The van der Waals surface area contributed by atoms with Crippen LogP contribution in [0, 0.1) is 0 Å². The number of benzene rings is 2. The van der Waals surface area contributed by atoms with Crippen molar-refractivity contribution in [1.29, 1.82) is 0 Å². The lowest BCUT2D eigenvalue weighted by Gasteiger charge is -2.31. The van der Waals surface area contributed by atoms with E-state index in [0.29, 0.717) is 48.6 Å². The minimum atomic E-state index is -0.510. The first-order valence-electron chi connectivity index (χ1n) is 10.4. The zero-order chi connectivity index (χ0) is 22.8. The van der Waals surface area contributed by atoms with Crippen molar-refractivity contribution in [2.45, 2.75) is 32.0 Å². The van der Waals surface area contributed by atoms with Gasteiger partial charge in [-0.1, -0.05) is 18.7 Å². The molecule has 2 heterocycles. The molecule has 8 nitrogen and oxygen atoms in total. The number of hydrogen-bond acceptors (Lipinski definition) is 4. The van der Waals surface area contributed by atoms with Gasteiger partial charge in [-0.2, -0.15) is 0 Å². The lowest BCUT2D eigenvalue weighted by Crippen LogP contribution is -2.49. The molecule has 4 rings (SSSR count). The van der Waals surface area contributed by atoms with Crippen molar-refractivity contribution < 1.29 is 19.1 Å². The number of allylic oxidation sites excluding steroid dienone is 1. The standard InChI is InChI=1S/C24H26N4O4/c1-15-7-12-21(22(29)25-15)28-14-20-16(5-4-6-19(20)23(28)30)13-27(2)24(31)26-17-8-10-18(32-3)11-9-17/h4-6,8-11,21H,1,7,12-14H2,2-3H3,(H,25,29)(H,26,31). The highest BCUT2D eigenvalue weighted by atomic mass is 16.5. The van der Waals surface area contributed by atoms with Crippen molar-refractivity contribution >= 4 is 23.5 Å². The van der Waals surface area contributed by atoms with Gasteiger partial charge in [-0.25, -0.2) is 4.79 Å². The van der Waals surface area contributed by atoms with E-state index in [0.717, 1.165) is 11.1 Å². The summed E-state index contributed by atoms with van der Waals surface area (Å²) >= 11 is 0. The number of rotatable bonds is 5. The predicted octanol–water partition coefficient (Wildman–Crippen LogP) is 3.11. The number of piperidine rings is 1. The third-order valence-corrected chi connectivity index (χ3v) is 5.89. The van der Waals surface area contributed by atoms with E-state index in [1.165, 1.54) is 0 Å². The van der Waals surface area contributed by atoms with Gasteiger partial charge in [-0.15, -0.1) is 0 Å². The SMILES string of the molecule is C=C1CCC(N2Cc3c(CN(C)C(=O)Nc4ccc(OC)cc4)cccc3C2=O)C(=O)N1. The fraction of sp³-hybridized carbons (Fsp3) is 0.292. The van der Waals surface area contributed by atoms with Gasteiger partial charge in [0.05, 0.1) is 7.11 Å². The zero-order valence-corrected chi connectivity index (χ0v) is 18.2. The molecule has 2 aliphatic rings. The van der Waals surface area contributed by atoms with Crippen LogP contribution in [0.5, 0.6) is 5.75 Å². The van der Waals surface area contributed by atoms with Crippen LogP contribution in [0.2, 0.25) is 0 Å². The summed E-state index contributed by atoms with van der Waals surface area (Å²) < 4.78 is 5.13. The van der Waals surface area contributed by atoms with Gasteiger partial charge in [0.25, 0.3) is 5.91 Å². The predicted molar refractivity (Wildman–Crippen MR) is 120 cm³/mol. The number of carbonyl (C=O) groups excluding carboxylic acids is 3. The smallest absolute Gasteiger partial charge is 0.321 e. The number of amides is 4. The topological polar surface area (TPSA) is 91.0 Å². The molecule has 2 aromatic rings. The van der Waals surface area contributed by atoms with Gasteiger partial charge in [0.15, 0.2) is 0 Å². The van der Waals surface area contributed by atoms with Crippen LogP contribution in [0.25, 0.3) is 0 Å². The molecule has 0 aliphatic carbocycles. The minimum Gasteiger partial charge on any atom is -0.497 e. The summed E-state index contributed by atoms with van der Waals surface area (Å²) in [4.78, 5) is 41.3. The van der Waals surface area contributed by atoms with Crippen LogP contribution < -0.4 is 15.4 Å². The van der Waals surface area contributed by atoms with Gasteiger partial charge in [0, 0.05) is 37.1 Å². The zero-order valence-electron chi connectivity index (χ0n) is 18.2. The summed E-state index contributed by atoms with van der Waals surface area (Å²) in [5.41, 5.74) is 3.67. The second-order valence-electron chi connectivity index (χ2n) is 8.04. The van der Waals surface area contributed by atoms with Crippen LogP contribution in [0.4, 0.5) is 10.5 Å². The van der Waals surface area contributed by atoms with Gasteiger partial charge in [-0.3, -0.25) is 9.59 Å². The van der Waals surface area contributed by atoms with E-state index >= 15 is 0 Å². The van der Waals surface area contributed by atoms with E-state index in [9.17, 15) is 14.4 Å². The summed E-state index contributed by atoms with van der Waals surface area (Å²) in [5, 5.41) is 5.60. The van der Waals surface area contributed by atoms with Crippen LogP contribution >= 0.6 is 0 Å². The van der Waals surface area contributed by atoms with Crippen LogP contribution in [-0.4, -0.2) is 47.8 Å². The number of nitrogens with one attached hydrogen (secondary N) is 2. The van der Waals surface area contributed by atoms with Crippen molar-refractivity contribution in [3.8, 4) is 5.75 Å². The molecule has 0 saturated carbocycles. The Morgan fingerprint density at radius 2 is 2.00 bits per heavy atom. The highest BCUT2D eigenvalue weighted by Gasteiger charge is 2.38. The van der Waals surface area contributed by atoms with E-state index in [2.05, 4.69) is 17.2 Å². The Balaban J connectivity index is 1.46. The van der Waals surface area contributed by atoms with Crippen molar-refractivity contribution in [2.24, 2.45) is 0 Å². The Morgan fingerprint density at radius 1 is 1.25 bits per heavy atom. The normalized spacial score (nSPS) is 17.6. The highest BCUT2D eigenvalue weighted by Crippen LogP contribution is 2.31. The quantitative estimate of drug-likeness (QED) is 0.757. The Morgan fingerprint density at radius 3 is 2.69 bits per heavy atom. The summed E-state index contributed by atoms with van der Waals surface area (Å²) in [6.07, 6.45) is 1.21. The number of anilines is 1. The molecule has 166 valence electrons. The lowest BCUT2D eigenvalue weighted by atomic mass is 10.0. The lowest BCUT2D eigenvalue weighted by molar-refractivity contribution is -0.126. The number of fused-ring (bicyclic) bond motifs is 1. The number of hydrogen-bond donors (Lipinski definition) is 2. The molecular weight excluding hydrogens is 408 g/mol. The Labute approximate surface area is 186 Å². The summed E-state index contributed by atoms with van der Waals surface area (Å²) in [5.74, 6) is 0.362. The first-order valence-corrected chi connectivity index (χ1v) is 10.4. The fourth-order valence-electron chi connectivity index (χ4n) is 4.10. The first-order chi connectivity index (χ1) is 15.4. The van der Waals surface area contributed by atoms with Gasteiger partial charge in [-0.05, 0) is 54.3 Å². The summed E-state index contributed by atoms with van der Waals surface area (Å²) in [7, 11) is 3.29. The van der Waals surface area contributed by atoms with E-state index in [1.807, 2.05) is 12.1 Å². The van der Waals surface area contributed by atoms with Crippen LogP contribution in [0.1, 0.15) is 34.3 Å². The maximum Gasteiger partial charge on any atom is 0.321 e. The van der Waals surface area contributed by atoms with Gasteiger partial charge in [0.2, 0.25) is 5.91 Å². The maximum atomic E-state index is 13.0. The molecule has 8 heteroatoms. The maximum absolute atomic E-state index is 13.0. The van der Waals surface area contributed by atoms with Gasteiger partial charge in [0.1, 0.15) is 11.8 Å².